The van der Waals surface area contributed by atoms with Crippen molar-refractivity contribution in [3.05, 3.63) is 23.3 Å². The van der Waals surface area contributed by atoms with Crippen LogP contribution in [-0.4, -0.2) is 24.8 Å². The number of rotatable bonds is 5. The molecule has 1 aromatic rings. The van der Waals surface area contributed by atoms with Gasteiger partial charge in [-0.1, -0.05) is 0 Å². The third-order valence-corrected chi connectivity index (χ3v) is 2.11. The summed E-state index contributed by atoms with van der Waals surface area (Å²) < 4.78 is 33.3. The lowest BCUT2D eigenvalue weighted by Gasteiger charge is -2.12. The lowest BCUT2D eigenvalue weighted by Crippen LogP contribution is -2.09. The maximum Gasteiger partial charge on any atom is 0.387 e. The first-order chi connectivity index (χ1) is 8.49. The van der Waals surface area contributed by atoms with Crippen LogP contribution >= 0.6 is 0 Å². The maximum atomic E-state index is 12.1. The van der Waals surface area contributed by atoms with E-state index in [0.29, 0.717) is 0 Å². The van der Waals surface area contributed by atoms with Crippen molar-refractivity contribution in [1.29, 1.82) is 5.26 Å². The number of hydrogen-bond donors (Lipinski definition) is 1. The van der Waals surface area contributed by atoms with Crippen LogP contribution in [0.25, 0.3) is 0 Å². The molecule has 18 heavy (non-hydrogen) atoms. The molecule has 0 atom stereocenters. The van der Waals surface area contributed by atoms with Gasteiger partial charge in [0, 0.05) is 5.56 Å². The highest BCUT2D eigenvalue weighted by Crippen LogP contribution is 2.31. The number of nitrogens with zero attached hydrogens (tertiary/aromatic N) is 1. The first-order valence-corrected chi connectivity index (χ1v) is 4.76. The van der Waals surface area contributed by atoms with Crippen molar-refractivity contribution in [3.63, 3.8) is 0 Å². The van der Waals surface area contributed by atoms with Crippen molar-refractivity contribution < 1.29 is 28.2 Å². The summed E-state index contributed by atoms with van der Waals surface area (Å²) in [6.45, 7) is -3.09. The second-order valence-electron chi connectivity index (χ2n) is 3.18. The molecule has 1 aromatic carbocycles. The van der Waals surface area contributed by atoms with Gasteiger partial charge in [0.15, 0.2) is 0 Å². The average Bonchev–Trinajstić information content (AvgIpc) is 2.28. The Morgan fingerprint density at radius 3 is 2.56 bits per heavy atom. The number of methoxy groups -OCH3 is 1. The van der Waals surface area contributed by atoms with E-state index in [1.807, 2.05) is 0 Å². The monoisotopic (exact) mass is 257 g/mol. The van der Waals surface area contributed by atoms with Crippen molar-refractivity contribution >= 4 is 5.97 Å². The molecular formula is C11H9F2NO4. The number of benzene rings is 1. The third-order valence-electron chi connectivity index (χ3n) is 2.11. The summed E-state index contributed by atoms with van der Waals surface area (Å²) >= 11 is 0. The predicted octanol–water partition coefficient (Wildman–Crippen LogP) is 1.80. The van der Waals surface area contributed by atoms with Gasteiger partial charge < -0.3 is 14.6 Å². The number of halogens is 2. The van der Waals surface area contributed by atoms with Gasteiger partial charge in [-0.3, -0.25) is 4.79 Å². The van der Waals surface area contributed by atoms with Gasteiger partial charge in [0.2, 0.25) is 0 Å². The van der Waals surface area contributed by atoms with Gasteiger partial charge in [-0.25, -0.2) is 0 Å². The number of ether oxygens (including phenoxy) is 2. The van der Waals surface area contributed by atoms with Crippen LogP contribution in [-0.2, 0) is 11.2 Å². The number of aliphatic carboxylic acids is 1. The molecule has 0 bridgehead atoms. The Morgan fingerprint density at radius 2 is 2.11 bits per heavy atom. The normalized spacial score (nSPS) is 9.94. The van der Waals surface area contributed by atoms with Crippen LogP contribution < -0.4 is 9.47 Å². The number of carboxylic acids is 1. The number of carboxylic acid groups (broad SMARTS) is 1. The number of nitriles is 1. The summed E-state index contributed by atoms with van der Waals surface area (Å²) in [5, 5.41) is 17.6. The first-order valence-electron chi connectivity index (χ1n) is 4.76. The summed E-state index contributed by atoms with van der Waals surface area (Å²) in [6, 6.07) is 4.06. The summed E-state index contributed by atoms with van der Waals surface area (Å²) in [5.74, 6) is -1.45. The fraction of sp³-hybridized carbons (Fsp3) is 0.273. The van der Waals surface area contributed by atoms with Crippen molar-refractivity contribution in [2.45, 2.75) is 13.0 Å². The Kier molecular flexibility index (Phi) is 4.43. The van der Waals surface area contributed by atoms with E-state index in [2.05, 4.69) is 4.74 Å². The summed E-state index contributed by atoms with van der Waals surface area (Å²) in [5.41, 5.74) is -0.261. The van der Waals surface area contributed by atoms with Crippen molar-refractivity contribution in [1.82, 2.24) is 0 Å². The first kappa shape index (κ1) is 13.7. The van der Waals surface area contributed by atoms with E-state index in [-0.39, 0.29) is 22.6 Å². The lowest BCUT2D eigenvalue weighted by molar-refractivity contribution is -0.136. The zero-order valence-electron chi connectivity index (χ0n) is 9.31. The Morgan fingerprint density at radius 1 is 1.50 bits per heavy atom. The van der Waals surface area contributed by atoms with Crippen molar-refractivity contribution in [3.8, 4) is 17.6 Å². The van der Waals surface area contributed by atoms with Gasteiger partial charge in [-0.05, 0) is 12.1 Å². The average molecular weight is 257 g/mol. The number of alkyl halides is 2. The quantitative estimate of drug-likeness (QED) is 0.869. The van der Waals surface area contributed by atoms with Gasteiger partial charge >= 0.3 is 12.6 Å². The van der Waals surface area contributed by atoms with Crippen molar-refractivity contribution in [2.24, 2.45) is 0 Å². The van der Waals surface area contributed by atoms with Crippen molar-refractivity contribution in [2.75, 3.05) is 7.11 Å². The minimum absolute atomic E-state index is 0.00523. The molecular weight excluding hydrogens is 248 g/mol. The second-order valence-corrected chi connectivity index (χ2v) is 3.18. The molecule has 0 fully saturated rings. The minimum atomic E-state index is -3.09. The van der Waals surface area contributed by atoms with Crippen LogP contribution in [0.2, 0.25) is 0 Å². The zero-order valence-corrected chi connectivity index (χ0v) is 9.31. The standard InChI is InChI=1S/C11H9F2NO4/c1-17-8-2-3-9(18-11(12)13)7(5-14)6(8)4-10(15)16/h2-3,11H,4H2,1H3,(H,15,16). The molecule has 0 aliphatic carbocycles. The smallest absolute Gasteiger partial charge is 0.387 e. The number of hydrogen-bond acceptors (Lipinski definition) is 4. The molecule has 0 heterocycles. The van der Waals surface area contributed by atoms with E-state index in [0.717, 1.165) is 6.07 Å². The SMILES string of the molecule is COc1ccc(OC(F)F)c(C#N)c1CC(=O)O. The molecule has 0 aromatic heterocycles. The van der Waals surface area contributed by atoms with Crippen LogP contribution in [0, 0.1) is 11.3 Å². The Balaban J connectivity index is 3.33. The minimum Gasteiger partial charge on any atom is -0.496 e. The van der Waals surface area contributed by atoms with Gasteiger partial charge in [-0.15, -0.1) is 0 Å². The molecule has 5 nitrogen and oxygen atoms in total. The molecule has 1 rings (SSSR count). The fourth-order valence-electron chi connectivity index (χ4n) is 1.44. The molecule has 0 unspecified atom stereocenters. The molecule has 0 spiro atoms. The highest BCUT2D eigenvalue weighted by molar-refractivity contribution is 5.74. The van der Waals surface area contributed by atoms with Gasteiger partial charge in [-0.2, -0.15) is 14.0 Å². The lowest BCUT2D eigenvalue weighted by atomic mass is 10.0. The molecule has 0 aliphatic rings. The van der Waals surface area contributed by atoms with Gasteiger partial charge in [0.1, 0.15) is 23.1 Å². The molecule has 0 amide bonds. The molecule has 0 aliphatic heterocycles. The van der Waals surface area contributed by atoms with E-state index < -0.39 is 19.0 Å². The molecule has 1 N–H and O–H groups in total. The Hall–Kier alpha value is -2.36. The highest BCUT2D eigenvalue weighted by Gasteiger charge is 2.19. The van der Waals surface area contributed by atoms with Gasteiger partial charge in [0.05, 0.1) is 13.5 Å². The molecule has 0 saturated carbocycles. The van der Waals surface area contributed by atoms with E-state index >= 15 is 0 Å². The summed E-state index contributed by atoms with van der Waals surface area (Å²) in [4.78, 5) is 10.7. The number of carbonyl (C=O) groups is 1. The highest BCUT2D eigenvalue weighted by atomic mass is 19.3. The van der Waals surface area contributed by atoms with Crippen LogP contribution in [0.4, 0.5) is 8.78 Å². The second kappa shape index (κ2) is 5.82. The van der Waals surface area contributed by atoms with Gasteiger partial charge in [0.25, 0.3) is 0 Å². The van der Waals surface area contributed by atoms with Crippen LogP contribution in [0.1, 0.15) is 11.1 Å². The summed E-state index contributed by atoms with van der Waals surface area (Å²) in [6.07, 6.45) is -0.521. The Bertz CT molecular complexity index is 497. The van der Waals surface area contributed by atoms with E-state index in [1.165, 1.54) is 13.2 Å². The van der Waals surface area contributed by atoms with E-state index in [9.17, 15) is 13.6 Å². The van der Waals surface area contributed by atoms with Crippen LogP contribution in [0.3, 0.4) is 0 Å². The zero-order chi connectivity index (χ0) is 13.7. The molecule has 0 saturated heterocycles. The fourth-order valence-corrected chi connectivity index (χ4v) is 1.44. The third kappa shape index (κ3) is 3.07. The van der Waals surface area contributed by atoms with E-state index in [4.69, 9.17) is 15.1 Å². The largest absolute Gasteiger partial charge is 0.496 e. The Labute approximate surface area is 101 Å². The molecule has 96 valence electrons. The van der Waals surface area contributed by atoms with Crippen LogP contribution in [0.5, 0.6) is 11.5 Å². The van der Waals surface area contributed by atoms with E-state index in [1.54, 1.807) is 6.07 Å². The predicted molar refractivity (Wildman–Crippen MR) is 55.7 cm³/mol. The van der Waals surface area contributed by atoms with Crippen LogP contribution in [0.15, 0.2) is 12.1 Å². The molecule has 7 heteroatoms. The molecule has 0 radical (unpaired) electrons. The maximum absolute atomic E-state index is 12.1. The topological polar surface area (TPSA) is 79.5 Å². The summed E-state index contributed by atoms with van der Waals surface area (Å²) in [7, 11) is 1.29.